The van der Waals surface area contributed by atoms with Gasteiger partial charge in [0.1, 0.15) is 0 Å². The van der Waals surface area contributed by atoms with Crippen LogP contribution in [-0.4, -0.2) is 0 Å². The van der Waals surface area contributed by atoms with Gasteiger partial charge in [-0.2, -0.15) is 0 Å². The third kappa shape index (κ3) is 1.83. The molecule has 0 radical (unpaired) electrons. The Balaban J connectivity index is 2.30. The van der Waals surface area contributed by atoms with Crippen LogP contribution in [0.15, 0.2) is 5.29 Å². The van der Waals surface area contributed by atoms with Crippen LogP contribution in [0.1, 0.15) is 0 Å². The van der Waals surface area contributed by atoms with Crippen LogP contribution in [0.5, 0.6) is 0 Å². The molecule has 0 aromatic heterocycles. The molecule has 0 aromatic carbocycles. The zero-order valence-corrected chi connectivity index (χ0v) is 3.09. The van der Waals surface area contributed by atoms with E-state index in [1.165, 1.54) is 0 Å². The van der Waals surface area contributed by atoms with Gasteiger partial charge in [-0.05, 0) is 9.39 Å². The maximum Gasteiger partial charge on any atom is 0.0526 e. The molecule has 0 fully saturated rings. The standard InChI is InChI=1S/H3N2OP/c3-1-2-4/h4H2,(H,2,3). The molecule has 1 unspecified atom stereocenters. The van der Waals surface area contributed by atoms with Crippen molar-refractivity contribution in [3.8, 4) is 0 Å². The lowest BCUT2D eigenvalue weighted by Gasteiger charge is -1.62. The van der Waals surface area contributed by atoms with Gasteiger partial charge in [0.05, 0.1) is 5.29 Å². The Hall–Kier alpha value is -0.170. The Labute approximate surface area is 26.0 Å². The van der Waals surface area contributed by atoms with Crippen molar-refractivity contribution in [1.29, 1.82) is 0 Å². The topological polar surface area (TPSA) is 41.5 Å². The summed E-state index contributed by atoms with van der Waals surface area (Å²) in [7, 11) is 1.93. The van der Waals surface area contributed by atoms with E-state index in [1.54, 1.807) is 0 Å². The molecule has 0 aliphatic carbocycles. The summed E-state index contributed by atoms with van der Waals surface area (Å²) in [5.74, 6) is 0. The lowest BCUT2D eigenvalue weighted by Crippen LogP contribution is -1.72. The fourth-order valence-electron chi connectivity index (χ4n) is 0. The smallest absolute Gasteiger partial charge is 0.0526 e. The summed E-state index contributed by atoms with van der Waals surface area (Å²) in [5, 5.41) is 4.12. The normalized spacial score (nSPS) is 5.25. The molecular formula is H3N2OP. The van der Waals surface area contributed by atoms with E-state index in [-0.39, 0.29) is 0 Å². The Bertz CT molecular complexity index is 20.0. The molecule has 0 bridgehead atoms. The molecular weight excluding hydrogens is 75.0 g/mol. The van der Waals surface area contributed by atoms with Gasteiger partial charge in [0.25, 0.3) is 0 Å². The number of nitrogens with one attached hydrogen (secondary N) is 1. The predicted molar refractivity (Wildman–Crippen MR) is 18.6 cm³/mol. The first-order chi connectivity index (χ1) is 1.91. The average Bonchev–Trinajstić information content (AvgIpc) is 1.37. The van der Waals surface area contributed by atoms with Crippen LogP contribution in [0.3, 0.4) is 0 Å². The molecule has 4 heavy (non-hydrogen) atoms. The minimum absolute atomic E-state index is 1.92. The maximum atomic E-state index is 8.79. The van der Waals surface area contributed by atoms with Gasteiger partial charge in [-0.1, -0.05) is 0 Å². The molecule has 0 saturated carbocycles. The van der Waals surface area contributed by atoms with Crippen LogP contribution < -0.4 is 5.20 Å². The average molecular weight is 78.0 g/mol. The van der Waals surface area contributed by atoms with Crippen molar-refractivity contribution in [2.75, 3.05) is 0 Å². The second kappa shape index (κ2) is 2.83. The summed E-state index contributed by atoms with van der Waals surface area (Å²) in [6.45, 7) is 0. The van der Waals surface area contributed by atoms with E-state index in [9.17, 15) is 0 Å². The summed E-state index contributed by atoms with van der Waals surface area (Å²) in [6, 6.07) is 0. The molecule has 0 aliphatic rings. The van der Waals surface area contributed by atoms with Gasteiger partial charge in [0.2, 0.25) is 0 Å². The highest BCUT2D eigenvalue weighted by Crippen LogP contribution is 1.59. The largest absolute Gasteiger partial charge is 0.259 e. The SMILES string of the molecule is O=NNP. The molecule has 24 valence electrons. The van der Waals surface area contributed by atoms with Crippen molar-refractivity contribution >= 4 is 9.39 Å². The van der Waals surface area contributed by atoms with Crippen LogP contribution in [0.2, 0.25) is 0 Å². The summed E-state index contributed by atoms with van der Waals surface area (Å²) in [5.41, 5.74) is 0. The van der Waals surface area contributed by atoms with E-state index in [4.69, 9.17) is 4.91 Å². The predicted octanol–water partition coefficient (Wildman–Crippen LogP) is 0.0475. The van der Waals surface area contributed by atoms with Gasteiger partial charge in [-0.15, -0.1) is 4.91 Å². The molecule has 0 saturated heterocycles. The van der Waals surface area contributed by atoms with E-state index in [0.29, 0.717) is 0 Å². The summed E-state index contributed by atoms with van der Waals surface area (Å²) in [4.78, 5) is 8.79. The van der Waals surface area contributed by atoms with Gasteiger partial charge in [0, 0.05) is 0 Å². The van der Waals surface area contributed by atoms with Gasteiger partial charge < -0.3 is 0 Å². The fraction of sp³-hybridized carbons (Fsp3) is 0. The van der Waals surface area contributed by atoms with Gasteiger partial charge >= 0.3 is 0 Å². The van der Waals surface area contributed by atoms with E-state index in [2.05, 4.69) is 5.29 Å². The number of hydrogen-bond acceptors (Lipinski definition) is 2. The molecule has 0 aromatic rings. The molecule has 0 spiro atoms. The van der Waals surface area contributed by atoms with Crippen LogP contribution in [0.4, 0.5) is 0 Å². The van der Waals surface area contributed by atoms with E-state index < -0.39 is 0 Å². The van der Waals surface area contributed by atoms with E-state index >= 15 is 0 Å². The molecule has 1 N–H and O–H groups in total. The monoisotopic (exact) mass is 78.0 g/mol. The van der Waals surface area contributed by atoms with Crippen molar-refractivity contribution in [2.24, 2.45) is 5.29 Å². The maximum absolute atomic E-state index is 8.79. The zero-order chi connectivity index (χ0) is 3.41. The second-order valence-corrected chi connectivity index (χ2v) is 0.479. The lowest BCUT2D eigenvalue weighted by molar-refractivity contribution is 1.10. The first kappa shape index (κ1) is 3.83. The highest BCUT2D eigenvalue weighted by molar-refractivity contribution is 7.13. The van der Waals surface area contributed by atoms with Crippen molar-refractivity contribution in [1.82, 2.24) is 5.20 Å². The fourth-order valence-corrected chi connectivity index (χ4v) is 0. The van der Waals surface area contributed by atoms with E-state index in [0.717, 1.165) is 0 Å². The summed E-state index contributed by atoms with van der Waals surface area (Å²) >= 11 is 0. The zero-order valence-electron chi connectivity index (χ0n) is 1.93. The number of rotatable bonds is 1. The highest BCUT2D eigenvalue weighted by atomic mass is 31.0. The van der Waals surface area contributed by atoms with Crippen LogP contribution in [-0.2, 0) is 0 Å². The minimum atomic E-state index is 1.92. The number of nitroso groups, excluding NO2 is 1. The molecule has 3 nitrogen and oxygen atoms in total. The third-order valence-electron chi connectivity index (χ3n) is 0.0527. The Morgan fingerprint density at radius 1 is 2.00 bits per heavy atom. The van der Waals surface area contributed by atoms with E-state index in [1.807, 2.05) is 14.6 Å². The van der Waals surface area contributed by atoms with Crippen LogP contribution in [0, 0.1) is 4.91 Å². The molecule has 0 rings (SSSR count). The van der Waals surface area contributed by atoms with Crippen molar-refractivity contribution < 1.29 is 0 Å². The molecule has 0 aliphatic heterocycles. The van der Waals surface area contributed by atoms with Crippen molar-refractivity contribution in [3.05, 3.63) is 4.91 Å². The molecule has 0 heterocycles. The Morgan fingerprint density at radius 3 is 2.25 bits per heavy atom. The first-order valence-corrected chi connectivity index (χ1v) is 1.27. The number of hydrogen-bond donors (Lipinski definition) is 1. The second-order valence-electron chi connectivity index (χ2n) is 0.220. The summed E-state index contributed by atoms with van der Waals surface area (Å²) in [6.07, 6.45) is 0. The Kier molecular flexibility index (Phi) is 2.71. The van der Waals surface area contributed by atoms with Gasteiger partial charge in [-0.3, -0.25) is 5.20 Å². The molecule has 0 amide bonds. The minimum Gasteiger partial charge on any atom is -0.259 e. The quantitative estimate of drug-likeness (QED) is 0.273. The van der Waals surface area contributed by atoms with Crippen LogP contribution in [0.25, 0.3) is 0 Å². The molecule has 1 atom stereocenters. The van der Waals surface area contributed by atoms with Crippen molar-refractivity contribution in [3.63, 3.8) is 0 Å². The van der Waals surface area contributed by atoms with Crippen LogP contribution >= 0.6 is 9.39 Å². The van der Waals surface area contributed by atoms with Gasteiger partial charge in [-0.25, -0.2) is 0 Å². The van der Waals surface area contributed by atoms with Gasteiger partial charge in [0.15, 0.2) is 0 Å². The number of nitrogens with zero attached hydrogens (tertiary/aromatic N) is 1. The third-order valence-corrected chi connectivity index (χ3v) is 0.158. The molecule has 4 heteroatoms. The lowest BCUT2D eigenvalue weighted by atomic mass is 12.9. The summed E-state index contributed by atoms with van der Waals surface area (Å²) < 4.78 is 0. The Morgan fingerprint density at radius 2 is 2.25 bits per heavy atom. The highest BCUT2D eigenvalue weighted by Gasteiger charge is 1.41. The van der Waals surface area contributed by atoms with Crippen molar-refractivity contribution in [2.45, 2.75) is 0 Å². The first-order valence-electron chi connectivity index (χ1n) is 0.695.